The van der Waals surface area contributed by atoms with Crippen molar-refractivity contribution in [2.75, 3.05) is 0 Å². The topological polar surface area (TPSA) is 88.8 Å². The summed E-state index contributed by atoms with van der Waals surface area (Å²) in [4.78, 5) is 20.2. The summed E-state index contributed by atoms with van der Waals surface area (Å²) in [7, 11) is 0. The molecule has 0 saturated carbocycles. The third kappa shape index (κ3) is 2.36. The fourth-order valence-electron chi connectivity index (χ4n) is 2.29. The maximum Gasteiger partial charge on any atom is 0.310 e. The second-order valence-electron chi connectivity index (χ2n) is 4.91. The SMILES string of the molecule is O=C1N=c2ccccc2=C/C1=C\c1nc(-c2ccco2)oc1O. The van der Waals surface area contributed by atoms with Gasteiger partial charge in [0.1, 0.15) is 5.69 Å². The van der Waals surface area contributed by atoms with Crippen molar-refractivity contribution < 1.29 is 18.7 Å². The van der Waals surface area contributed by atoms with E-state index < -0.39 is 5.91 Å². The van der Waals surface area contributed by atoms with Crippen molar-refractivity contribution in [3.8, 4) is 17.6 Å². The van der Waals surface area contributed by atoms with E-state index in [-0.39, 0.29) is 17.5 Å². The molecule has 6 heteroatoms. The molecule has 6 nitrogen and oxygen atoms in total. The third-order valence-electron chi connectivity index (χ3n) is 3.38. The highest BCUT2D eigenvalue weighted by atomic mass is 16.5. The van der Waals surface area contributed by atoms with Crippen LogP contribution < -0.4 is 10.6 Å². The van der Waals surface area contributed by atoms with Crippen LogP contribution in [0.5, 0.6) is 5.95 Å². The van der Waals surface area contributed by atoms with Crippen LogP contribution in [-0.4, -0.2) is 16.0 Å². The Hall–Kier alpha value is -3.41. The van der Waals surface area contributed by atoms with Crippen molar-refractivity contribution in [3.63, 3.8) is 0 Å². The zero-order valence-electron chi connectivity index (χ0n) is 11.8. The first-order valence-corrected chi connectivity index (χ1v) is 6.86. The fraction of sp³-hybridized carbons (Fsp3) is 0. The molecule has 23 heavy (non-hydrogen) atoms. The van der Waals surface area contributed by atoms with Crippen LogP contribution >= 0.6 is 0 Å². The summed E-state index contributed by atoms with van der Waals surface area (Å²) in [5.74, 6) is -0.256. The number of hydrogen-bond donors (Lipinski definition) is 1. The highest BCUT2D eigenvalue weighted by Gasteiger charge is 2.17. The number of nitrogens with zero attached hydrogens (tertiary/aromatic N) is 2. The van der Waals surface area contributed by atoms with Gasteiger partial charge in [-0.1, -0.05) is 18.2 Å². The number of fused-ring (bicyclic) bond motifs is 1. The molecule has 1 N–H and O–H groups in total. The molecular weight excluding hydrogens is 296 g/mol. The van der Waals surface area contributed by atoms with E-state index in [0.717, 1.165) is 5.22 Å². The van der Waals surface area contributed by atoms with E-state index in [1.54, 1.807) is 24.3 Å². The molecule has 112 valence electrons. The van der Waals surface area contributed by atoms with Crippen LogP contribution in [0.15, 0.2) is 62.1 Å². The van der Waals surface area contributed by atoms with Crippen LogP contribution in [0, 0.1) is 0 Å². The number of carbonyl (C=O) groups is 1. The van der Waals surface area contributed by atoms with Gasteiger partial charge in [-0.25, -0.2) is 9.98 Å². The van der Waals surface area contributed by atoms with E-state index in [9.17, 15) is 9.90 Å². The number of benzene rings is 1. The summed E-state index contributed by atoms with van der Waals surface area (Å²) in [6, 6.07) is 10.6. The number of aromatic nitrogens is 1. The second kappa shape index (κ2) is 5.10. The number of hydrogen-bond acceptors (Lipinski definition) is 5. The first-order chi connectivity index (χ1) is 11.2. The quantitative estimate of drug-likeness (QED) is 0.727. The van der Waals surface area contributed by atoms with E-state index in [2.05, 4.69) is 9.98 Å². The van der Waals surface area contributed by atoms with Gasteiger partial charge in [-0.2, -0.15) is 0 Å². The Morgan fingerprint density at radius 2 is 2.00 bits per heavy atom. The molecule has 0 spiro atoms. The van der Waals surface area contributed by atoms with E-state index in [1.165, 1.54) is 12.3 Å². The lowest BCUT2D eigenvalue weighted by molar-refractivity contribution is -0.114. The van der Waals surface area contributed by atoms with Gasteiger partial charge in [0.15, 0.2) is 5.76 Å². The number of aromatic hydroxyl groups is 1. The summed E-state index contributed by atoms with van der Waals surface area (Å²) in [6.07, 6.45) is 4.61. The van der Waals surface area contributed by atoms with Gasteiger partial charge in [-0.05, 0) is 30.4 Å². The number of amides is 1. The Morgan fingerprint density at radius 1 is 1.13 bits per heavy atom. The fourth-order valence-corrected chi connectivity index (χ4v) is 2.29. The van der Waals surface area contributed by atoms with E-state index in [1.807, 2.05) is 18.2 Å². The van der Waals surface area contributed by atoms with Crippen LogP contribution in [-0.2, 0) is 4.79 Å². The molecule has 0 unspecified atom stereocenters. The summed E-state index contributed by atoms with van der Waals surface area (Å²) in [6.45, 7) is 0. The molecule has 0 fully saturated rings. The molecule has 3 aromatic rings. The van der Waals surface area contributed by atoms with Gasteiger partial charge >= 0.3 is 5.95 Å². The molecule has 1 aliphatic rings. The van der Waals surface area contributed by atoms with E-state index >= 15 is 0 Å². The molecule has 0 atom stereocenters. The van der Waals surface area contributed by atoms with Crippen molar-refractivity contribution in [2.45, 2.75) is 0 Å². The molecule has 0 saturated heterocycles. The second-order valence-corrected chi connectivity index (χ2v) is 4.91. The van der Waals surface area contributed by atoms with Gasteiger partial charge < -0.3 is 13.9 Å². The van der Waals surface area contributed by atoms with Gasteiger partial charge in [0.2, 0.25) is 0 Å². The molecule has 1 amide bonds. The summed E-state index contributed by atoms with van der Waals surface area (Å²) < 4.78 is 10.3. The zero-order valence-corrected chi connectivity index (χ0v) is 11.8. The van der Waals surface area contributed by atoms with Crippen molar-refractivity contribution in [1.82, 2.24) is 4.98 Å². The lowest BCUT2D eigenvalue weighted by Crippen LogP contribution is -2.29. The van der Waals surface area contributed by atoms with Gasteiger partial charge in [0.05, 0.1) is 11.6 Å². The number of para-hydroxylation sites is 1. The smallest absolute Gasteiger partial charge is 0.310 e. The van der Waals surface area contributed by atoms with Gasteiger partial charge in [-0.15, -0.1) is 0 Å². The lowest BCUT2D eigenvalue weighted by Gasteiger charge is -2.01. The number of rotatable bonds is 2. The number of carbonyl (C=O) groups excluding carboxylic acids is 1. The first-order valence-electron chi connectivity index (χ1n) is 6.86. The van der Waals surface area contributed by atoms with Crippen LogP contribution in [0.4, 0.5) is 0 Å². The molecule has 2 aromatic heterocycles. The van der Waals surface area contributed by atoms with Gasteiger partial charge in [-0.3, -0.25) is 4.79 Å². The first kappa shape index (κ1) is 13.3. The molecule has 1 aromatic carbocycles. The maximum atomic E-state index is 12.1. The Balaban J connectivity index is 1.80. The van der Waals surface area contributed by atoms with Gasteiger partial charge in [0.25, 0.3) is 11.8 Å². The molecular formula is C17H10N2O4. The minimum atomic E-state index is -0.398. The Bertz CT molecular complexity index is 1040. The molecule has 0 aliphatic carbocycles. The molecule has 0 bridgehead atoms. The summed E-state index contributed by atoms with van der Waals surface area (Å²) in [5.41, 5.74) is 0.462. The third-order valence-corrected chi connectivity index (χ3v) is 3.38. The number of furan rings is 1. The largest absolute Gasteiger partial charge is 0.479 e. The standard InChI is InChI=1S/C17H10N2O4/c20-15-11(8-10-4-1-2-5-12(10)18-15)9-13-17(21)23-16(19-13)14-6-3-7-22-14/h1-9,21H/b11-9+. The molecule has 4 rings (SSSR count). The highest BCUT2D eigenvalue weighted by Crippen LogP contribution is 2.28. The van der Waals surface area contributed by atoms with Crippen molar-refractivity contribution in [3.05, 3.63) is 64.5 Å². The van der Waals surface area contributed by atoms with Crippen LogP contribution in [0.1, 0.15) is 5.69 Å². The van der Waals surface area contributed by atoms with Crippen LogP contribution in [0.2, 0.25) is 0 Å². The van der Waals surface area contributed by atoms with Crippen LogP contribution in [0.25, 0.3) is 23.8 Å². The lowest BCUT2D eigenvalue weighted by atomic mass is 10.1. The Kier molecular flexibility index (Phi) is 2.94. The molecule has 1 aliphatic heterocycles. The average molecular weight is 306 g/mol. The minimum Gasteiger partial charge on any atom is -0.479 e. The minimum absolute atomic E-state index is 0.139. The zero-order chi connectivity index (χ0) is 15.8. The van der Waals surface area contributed by atoms with Crippen molar-refractivity contribution in [1.29, 1.82) is 0 Å². The van der Waals surface area contributed by atoms with Crippen molar-refractivity contribution >= 4 is 18.1 Å². The monoisotopic (exact) mass is 306 g/mol. The maximum absolute atomic E-state index is 12.1. The van der Waals surface area contributed by atoms with Crippen molar-refractivity contribution in [2.24, 2.45) is 4.99 Å². The van der Waals surface area contributed by atoms with Crippen LogP contribution in [0.3, 0.4) is 0 Å². The molecule has 0 radical (unpaired) electrons. The van der Waals surface area contributed by atoms with E-state index in [4.69, 9.17) is 8.83 Å². The normalized spacial score (nSPS) is 15.1. The predicted molar refractivity (Wildman–Crippen MR) is 80.5 cm³/mol. The Labute approximate surface area is 129 Å². The molecule has 3 heterocycles. The summed E-state index contributed by atoms with van der Waals surface area (Å²) in [5, 5.41) is 11.3. The Morgan fingerprint density at radius 3 is 2.83 bits per heavy atom. The summed E-state index contributed by atoms with van der Waals surface area (Å²) >= 11 is 0. The highest BCUT2D eigenvalue weighted by molar-refractivity contribution is 6.07. The average Bonchev–Trinajstić information content (AvgIpc) is 3.18. The van der Waals surface area contributed by atoms with Gasteiger partial charge in [0, 0.05) is 10.8 Å². The van der Waals surface area contributed by atoms with E-state index in [0.29, 0.717) is 16.7 Å². The predicted octanol–water partition coefficient (Wildman–Crippen LogP) is 1.66. The number of oxazole rings is 1.